The molecule has 0 atom stereocenters. The molecule has 33 heavy (non-hydrogen) atoms. The number of nitro benzene ring substituents is 1. The van der Waals surface area contributed by atoms with Gasteiger partial charge in [0.05, 0.1) is 22.0 Å². The quantitative estimate of drug-likeness (QED) is 0.189. The number of nitrogens with one attached hydrogen (secondary N) is 2. The van der Waals surface area contributed by atoms with Gasteiger partial charge in [0, 0.05) is 35.4 Å². The molecule has 166 valence electrons. The second-order valence-electron chi connectivity index (χ2n) is 7.40. The topological polar surface area (TPSA) is 101 Å². The number of carbonyl (C=O) groups is 1. The maximum atomic E-state index is 12.4. The summed E-state index contributed by atoms with van der Waals surface area (Å²) in [5.41, 5.74) is 5.01. The lowest BCUT2D eigenvalue weighted by Crippen LogP contribution is -2.13. The molecule has 0 aliphatic heterocycles. The Balaban J connectivity index is 1.45. The molecule has 0 saturated heterocycles. The lowest BCUT2D eigenvalue weighted by molar-refractivity contribution is -0.384. The standard InChI is InChI=1S/C25H22N4O3S/c1-17-12-13-20(29(31)32)16-21(17)26-22(30)14-15-33-25-27-23(18-8-4-2-5-9-18)24(28-25)19-10-6-3-7-11-19/h2-13,16H,14-15H2,1H3,(H,26,30)(H,27,28). The van der Waals surface area contributed by atoms with Crippen molar-refractivity contribution < 1.29 is 9.72 Å². The predicted molar refractivity (Wildman–Crippen MR) is 131 cm³/mol. The zero-order valence-electron chi connectivity index (χ0n) is 17.9. The Kier molecular flexibility index (Phi) is 6.85. The number of non-ortho nitro benzene ring substituents is 1. The third kappa shape index (κ3) is 5.48. The number of benzene rings is 3. The highest BCUT2D eigenvalue weighted by Gasteiger charge is 2.15. The van der Waals surface area contributed by atoms with Crippen LogP contribution in [0.1, 0.15) is 12.0 Å². The molecular formula is C25H22N4O3S. The number of hydrogen-bond acceptors (Lipinski definition) is 5. The van der Waals surface area contributed by atoms with Gasteiger partial charge in [-0.05, 0) is 12.5 Å². The van der Waals surface area contributed by atoms with Gasteiger partial charge in [0.1, 0.15) is 0 Å². The Bertz CT molecular complexity index is 1220. The van der Waals surface area contributed by atoms with E-state index in [0.717, 1.165) is 33.2 Å². The number of nitrogens with zero attached hydrogens (tertiary/aromatic N) is 2. The van der Waals surface area contributed by atoms with E-state index in [0.29, 0.717) is 11.4 Å². The van der Waals surface area contributed by atoms with Crippen molar-refractivity contribution in [3.63, 3.8) is 0 Å². The monoisotopic (exact) mass is 458 g/mol. The molecule has 0 aliphatic rings. The third-order valence-electron chi connectivity index (χ3n) is 5.07. The number of thioether (sulfide) groups is 1. The second kappa shape index (κ2) is 10.1. The largest absolute Gasteiger partial charge is 0.332 e. The molecule has 0 fully saturated rings. The van der Waals surface area contributed by atoms with E-state index in [1.165, 1.54) is 23.9 Å². The van der Waals surface area contributed by atoms with Gasteiger partial charge in [-0.25, -0.2) is 4.98 Å². The van der Waals surface area contributed by atoms with Crippen LogP contribution >= 0.6 is 11.8 Å². The molecule has 0 saturated carbocycles. The first kappa shape index (κ1) is 22.3. The smallest absolute Gasteiger partial charge is 0.271 e. The first-order valence-corrected chi connectivity index (χ1v) is 11.4. The van der Waals surface area contributed by atoms with Gasteiger partial charge in [0.25, 0.3) is 5.69 Å². The Morgan fingerprint density at radius 3 is 2.36 bits per heavy atom. The van der Waals surface area contributed by atoms with Crippen LogP contribution in [0.15, 0.2) is 84.0 Å². The Hall–Kier alpha value is -3.91. The van der Waals surface area contributed by atoms with E-state index >= 15 is 0 Å². The first-order valence-electron chi connectivity index (χ1n) is 10.4. The van der Waals surface area contributed by atoms with Crippen LogP contribution < -0.4 is 5.32 Å². The zero-order chi connectivity index (χ0) is 23.2. The number of aromatic amines is 1. The van der Waals surface area contributed by atoms with Gasteiger partial charge in [0.15, 0.2) is 5.16 Å². The predicted octanol–water partition coefficient (Wildman–Crippen LogP) is 6.08. The number of carbonyl (C=O) groups excluding carboxylic acids is 1. The van der Waals surface area contributed by atoms with Crippen LogP contribution in [0, 0.1) is 17.0 Å². The van der Waals surface area contributed by atoms with Gasteiger partial charge in [-0.3, -0.25) is 14.9 Å². The molecule has 2 N–H and O–H groups in total. The summed E-state index contributed by atoms with van der Waals surface area (Å²) >= 11 is 1.46. The highest BCUT2D eigenvalue weighted by molar-refractivity contribution is 7.99. The number of anilines is 1. The van der Waals surface area contributed by atoms with E-state index < -0.39 is 4.92 Å². The summed E-state index contributed by atoms with van der Waals surface area (Å²) in [4.78, 5) is 31.1. The van der Waals surface area contributed by atoms with Gasteiger partial charge in [0.2, 0.25) is 5.91 Å². The lowest BCUT2D eigenvalue weighted by Gasteiger charge is -2.07. The summed E-state index contributed by atoms with van der Waals surface area (Å²) in [7, 11) is 0. The van der Waals surface area contributed by atoms with Crippen molar-refractivity contribution in [1.82, 2.24) is 9.97 Å². The van der Waals surface area contributed by atoms with Crippen molar-refractivity contribution in [3.8, 4) is 22.5 Å². The summed E-state index contributed by atoms with van der Waals surface area (Å²) < 4.78 is 0. The van der Waals surface area contributed by atoms with Crippen LogP contribution in [0.4, 0.5) is 11.4 Å². The molecule has 8 heteroatoms. The van der Waals surface area contributed by atoms with E-state index in [1.54, 1.807) is 13.0 Å². The van der Waals surface area contributed by atoms with E-state index in [4.69, 9.17) is 4.98 Å². The molecule has 1 aromatic heterocycles. The number of aryl methyl sites for hydroxylation is 1. The molecule has 0 spiro atoms. The summed E-state index contributed by atoms with van der Waals surface area (Å²) in [6.45, 7) is 1.80. The SMILES string of the molecule is Cc1ccc([N+](=O)[O-])cc1NC(=O)CCSc1nc(-c2ccccc2)c(-c2ccccc2)[nH]1. The van der Waals surface area contributed by atoms with Crippen molar-refractivity contribution in [2.45, 2.75) is 18.5 Å². The molecule has 0 aliphatic carbocycles. The minimum absolute atomic E-state index is 0.0530. The van der Waals surface area contributed by atoms with Gasteiger partial charge >= 0.3 is 0 Å². The Morgan fingerprint density at radius 2 is 1.70 bits per heavy atom. The van der Waals surface area contributed by atoms with Crippen LogP contribution in [0.2, 0.25) is 0 Å². The van der Waals surface area contributed by atoms with E-state index in [1.807, 2.05) is 60.7 Å². The number of H-pyrrole nitrogens is 1. The molecule has 0 unspecified atom stereocenters. The van der Waals surface area contributed by atoms with E-state index in [2.05, 4.69) is 10.3 Å². The minimum Gasteiger partial charge on any atom is -0.332 e. The number of amides is 1. The van der Waals surface area contributed by atoms with Crippen LogP contribution in [0.25, 0.3) is 22.5 Å². The fraction of sp³-hybridized carbons (Fsp3) is 0.120. The van der Waals surface area contributed by atoms with Crippen molar-refractivity contribution >= 4 is 29.0 Å². The van der Waals surface area contributed by atoms with Crippen LogP contribution in [-0.2, 0) is 4.79 Å². The van der Waals surface area contributed by atoms with Gasteiger partial charge < -0.3 is 10.3 Å². The molecule has 3 aromatic carbocycles. The third-order valence-corrected chi connectivity index (χ3v) is 5.94. The summed E-state index contributed by atoms with van der Waals surface area (Å²) in [6.07, 6.45) is 0.245. The highest BCUT2D eigenvalue weighted by Crippen LogP contribution is 2.32. The van der Waals surface area contributed by atoms with Crippen molar-refractivity contribution in [1.29, 1.82) is 0 Å². The maximum absolute atomic E-state index is 12.4. The van der Waals surface area contributed by atoms with Crippen LogP contribution in [0.3, 0.4) is 0 Å². The first-order chi connectivity index (χ1) is 16.0. The average molecular weight is 459 g/mol. The molecule has 1 amide bonds. The number of rotatable bonds is 8. The lowest BCUT2D eigenvalue weighted by atomic mass is 10.1. The molecule has 7 nitrogen and oxygen atoms in total. The Morgan fingerprint density at radius 1 is 1.03 bits per heavy atom. The van der Waals surface area contributed by atoms with Crippen molar-refractivity contribution in [2.24, 2.45) is 0 Å². The van der Waals surface area contributed by atoms with Crippen molar-refractivity contribution in [3.05, 3.63) is 94.5 Å². The fourth-order valence-corrected chi connectivity index (χ4v) is 4.16. The van der Waals surface area contributed by atoms with Gasteiger partial charge in [-0.15, -0.1) is 0 Å². The van der Waals surface area contributed by atoms with E-state index in [-0.39, 0.29) is 18.0 Å². The molecule has 0 bridgehead atoms. The number of hydrogen-bond donors (Lipinski definition) is 2. The number of aromatic nitrogens is 2. The molecule has 1 heterocycles. The molecule has 4 rings (SSSR count). The van der Waals surface area contributed by atoms with Crippen LogP contribution in [-0.4, -0.2) is 26.6 Å². The molecule has 0 radical (unpaired) electrons. The second-order valence-corrected chi connectivity index (χ2v) is 8.48. The van der Waals surface area contributed by atoms with Crippen molar-refractivity contribution in [2.75, 3.05) is 11.1 Å². The number of imidazole rings is 1. The average Bonchev–Trinajstić information content (AvgIpc) is 3.26. The highest BCUT2D eigenvalue weighted by atomic mass is 32.2. The summed E-state index contributed by atoms with van der Waals surface area (Å²) in [5.74, 6) is 0.305. The fourth-order valence-electron chi connectivity index (χ4n) is 3.35. The number of nitro groups is 1. The Labute approximate surface area is 195 Å². The van der Waals surface area contributed by atoms with Crippen LogP contribution in [0.5, 0.6) is 0 Å². The maximum Gasteiger partial charge on any atom is 0.271 e. The summed E-state index contributed by atoms with van der Waals surface area (Å²) in [6, 6.07) is 24.4. The zero-order valence-corrected chi connectivity index (χ0v) is 18.8. The van der Waals surface area contributed by atoms with Gasteiger partial charge in [-0.1, -0.05) is 78.5 Å². The van der Waals surface area contributed by atoms with E-state index in [9.17, 15) is 14.9 Å². The molecular weight excluding hydrogens is 436 g/mol. The molecule has 4 aromatic rings. The normalized spacial score (nSPS) is 10.7. The minimum atomic E-state index is -0.476. The summed E-state index contributed by atoms with van der Waals surface area (Å²) in [5, 5.41) is 14.5. The van der Waals surface area contributed by atoms with Gasteiger partial charge in [-0.2, -0.15) is 0 Å².